The van der Waals surface area contributed by atoms with Gasteiger partial charge in [-0.25, -0.2) is 0 Å². The fraction of sp³-hybridized carbons (Fsp3) is 0.610. The van der Waals surface area contributed by atoms with Gasteiger partial charge in [0, 0.05) is 56.6 Å². The fourth-order valence-corrected chi connectivity index (χ4v) is 5.90. The van der Waals surface area contributed by atoms with E-state index >= 15 is 0 Å². The van der Waals surface area contributed by atoms with Gasteiger partial charge in [0.2, 0.25) is 17.7 Å². The molecule has 0 aromatic heterocycles. The Balaban J connectivity index is 3.22. The first-order valence-electron chi connectivity index (χ1n) is 19.4. The number of para-hydroxylation sites is 1. The Kier molecular flexibility index (Phi) is 29.4. The standard InChI is InChI=1S/C41H61N4O12PS/c1-6-22-51-28-31-54-25-19-42-37(46)13-16-41(17-14-38(47)43-20-26-55-32-29-52-23-7-2,18-15-39(48)44-21-27-56-33-30-53-24-8-3)45-40(49)35-11-9-10-12-36(35)57-58(50,59)34(4)5/h1-3,9-12,34H,13-33H2,4-5H3,(H,42,46)(H,43,47)(H,44,48)(H,45,49)(H,50,59)/p-1. The van der Waals surface area contributed by atoms with Crippen molar-refractivity contribution in [2.75, 3.05) is 98.9 Å². The number of nitrogens with one attached hydrogen (secondary N) is 4. The summed E-state index contributed by atoms with van der Waals surface area (Å²) in [5.74, 6) is 5.44. The van der Waals surface area contributed by atoms with Crippen LogP contribution in [0.5, 0.6) is 5.75 Å². The number of carbonyl (C=O) groups excluding carboxylic acids is 4. The third-order valence-electron chi connectivity index (χ3n) is 8.24. The Bertz CT molecular complexity index is 1460. The van der Waals surface area contributed by atoms with Crippen molar-refractivity contribution >= 4 is 41.9 Å². The van der Waals surface area contributed by atoms with Crippen molar-refractivity contribution in [2.45, 2.75) is 63.6 Å². The summed E-state index contributed by atoms with van der Waals surface area (Å²) in [6.07, 6.45) is 15.4. The average molecular weight is 864 g/mol. The van der Waals surface area contributed by atoms with Gasteiger partial charge in [-0.15, -0.1) is 19.3 Å². The number of terminal acetylenes is 3. The lowest BCUT2D eigenvalue weighted by atomic mass is 9.82. The lowest BCUT2D eigenvalue weighted by molar-refractivity contribution is -0.177. The summed E-state index contributed by atoms with van der Waals surface area (Å²) in [6.45, 7) is 3.32. The molecule has 1 unspecified atom stereocenters. The quantitative estimate of drug-likeness (QED) is 0.0433. The summed E-state index contributed by atoms with van der Waals surface area (Å²) >= 11 is 5.24. The molecule has 328 valence electrons. The fourth-order valence-electron chi connectivity index (χ4n) is 5.01. The summed E-state index contributed by atoms with van der Waals surface area (Å²) in [4.78, 5) is 66.6. The Morgan fingerprint density at radius 2 is 1.03 bits per heavy atom. The van der Waals surface area contributed by atoms with Crippen LogP contribution in [0.1, 0.15) is 62.7 Å². The van der Waals surface area contributed by atoms with Crippen LogP contribution in [0.2, 0.25) is 0 Å². The molecule has 16 nitrogen and oxygen atoms in total. The first-order valence-corrected chi connectivity index (χ1v) is 22.1. The molecule has 0 radical (unpaired) electrons. The summed E-state index contributed by atoms with van der Waals surface area (Å²) in [6, 6.07) is 6.20. The molecule has 1 rings (SSSR count). The van der Waals surface area contributed by atoms with Crippen LogP contribution >= 0.6 is 6.49 Å². The zero-order chi connectivity index (χ0) is 43.6. The molecular weight excluding hydrogens is 804 g/mol. The number of benzene rings is 1. The van der Waals surface area contributed by atoms with E-state index in [4.69, 9.17) is 64.0 Å². The molecule has 0 bridgehead atoms. The van der Waals surface area contributed by atoms with Crippen LogP contribution in [-0.4, -0.2) is 134 Å². The molecular formula is C41H60N4O12PS-. The molecule has 0 aliphatic rings. The number of hydrogen-bond donors (Lipinski definition) is 4. The molecule has 0 aliphatic carbocycles. The van der Waals surface area contributed by atoms with E-state index in [0.717, 1.165) is 0 Å². The molecule has 4 amide bonds. The normalized spacial score (nSPS) is 12.0. The van der Waals surface area contributed by atoms with Gasteiger partial charge < -0.3 is 59.1 Å². The molecule has 4 N–H and O–H groups in total. The zero-order valence-corrected chi connectivity index (χ0v) is 35.9. The van der Waals surface area contributed by atoms with Gasteiger partial charge in [-0.1, -0.05) is 55.5 Å². The summed E-state index contributed by atoms with van der Waals surface area (Å²) in [5, 5.41) is 11.4. The van der Waals surface area contributed by atoms with E-state index < -0.39 is 23.6 Å². The number of rotatable bonds is 35. The predicted molar refractivity (Wildman–Crippen MR) is 225 cm³/mol. The van der Waals surface area contributed by atoms with Gasteiger partial charge in [-0.2, -0.15) is 0 Å². The lowest BCUT2D eigenvalue weighted by Crippen LogP contribution is -2.50. The molecule has 0 fully saturated rings. The van der Waals surface area contributed by atoms with Gasteiger partial charge in [0.1, 0.15) is 25.6 Å². The van der Waals surface area contributed by atoms with Crippen LogP contribution in [0.3, 0.4) is 0 Å². The minimum atomic E-state index is -3.58. The van der Waals surface area contributed by atoms with Gasteiger partial charge in [-0.05, 0) is 31.4 Å². The summed E-state index contributed by atoms with van der Waals surface area (Å²) in [5.41, 5.74) is -1.74. The predicted octanol–water partition coefficient (Wildman–Crippen LogP) is 1.30. The number of hydrogen-bond acceptors (Lipinski definition) is 13. The number of carbonyl (C=O) groups is 4. The third-order valence-corrected chi connectivity index (χ3v) is 11.4. The van der Waals surface area contributed by atoms with Crippen LogP contribution in [0.15, 0.2) is 24.3 Å². The molecule has 1 atom stereocenters. The maximum Gasteiger partial charge on any atom is 0.255 e. The molecule has 1 aromatic carbocycles. The van der Waals surface area contributed by atoms with Crippen LogP contribution < -0.4 is 30.7 Å². The van der Waals surface area contributed by atoms with Crippen molar-refractivity contribution in [3.8, 4) is 42.8 Å². The minimum Gasteiger partial charge on any atom is -0.791 e. The first-order chi connectivity index (χ1) is 28.4. The first kappa shape index (κ1) is 53.0. The largest absolute Gasteiger partial charge is 0.791 e. The van der Waals surface area contributed by atoms with Crippen molar-refractivity contribution < 1.29 is 57.0 Å². The monoisotopic (exact) mass is 863 g/mol. The van der Waals surface area contributed by atoms with Crippen LogP contribution in [0, 0.1) is 37.0 Å². The average Bonchev–Trinajstić information content (AvgIpc) is 3.21. The zero-order valence-electron chi connectivity index (χ0n) is 34.2. The van der Waals surface area contributed by atoms with Gasteiger partial charge >= 0.3 is 0 Å². The maximum atomic E-state index is 14.2. The molecule has 0 saturated heterocycles. The summed E-state index contributed by atoms with van der Waals surface area (Å²) < 4.78 is 37.6. The van der Waals surface area contributed by atoms with Crippen molar-refractivity contribution in [1.29, 1.82) is 0 Å². The molecule has 18 heteroatoms. The topological polar surface area (TPSA) is 204 Å². The number of ether oxygens (including phenoxy) is 6. The van der Waals surface area contributed by atoms with E-state index in [9.17, 15) is 24.1 Å². The third kappa shape index (κ3) is 25.9. The van der Waals surface area contributed by atoms with Gasteiger partial charge in [0.25, 0.3) is 5.91 Å². The molecule has 1 aromatic rings. The Morgan fingerprint density at radius 3 is 1.41 bits per heavy atom. The summed E-state index contributed by atoms with van der Waals surface area (Å²) in [7, 11) is 0. The molecule has 0 saturated carbocycles. The van der Waals surface area contributed by atoms with E-state index in [1.165, 1.54) is 12.1 Å². The Labute approximate surface area is 354 Å². The van der Waals surface area contributed by atoms with Gasteiger partial charge in [-0.3, -0.25) is 19.2 Å². The minimum absolute atomic E-state index is 0.0123. The second-order valence-corrected chi connectivity index (χ2v) is 16.9. The smallest absolute Gasteiger partial charge is 0.255 e. The van der Waals surface area contributed by atoms with Crippen molar-refractivity contribution in [3.05, 3.63) is 29.8 Å². The molecule has 0 spiro atoms. The highest BCUT2D eigenvalue weighted by molar-refractivity contribution is 8.09. The number of amides is 4. The maximum absolute atomic E-state index is 14.2. The van der Waals surface area contributed by atoms with Crippen molar-refractivity contribution in [1.82, 2.24) is 21.3 Å². The van der Waals surface area contributed by atoms with E-state index in [1.807, 2.05) is 0 Å². The Morgan fingerprint density at radius 1 is 0.661 bits per heavy atom. The van der Waals surface area contributed by atoms with E-state index in [0.29, 0.717) is 39.6 Å². The van der Waals surface area contributed by atoms with E-state index in [2.05, 4.69) is 39.0 Å². The van der Waals surface area contributed by atoms with Crippen LogP contribution in [-0.2, 0) is 54.6 Å². The molecule has 59 heavy (non-hydrogen) atoms. The van der Waals surface area contributed by atoms with Gasteiger partial charge in [0.15, 0.2) is 0 Å². The highest BCUT2D eigenvalue weighted by Crippen LogP contribution is 2.44. The van der Waals surface area contributed by atoms with Gasteiger partial charge in [0.05, 0.1) is 65.0 Å². The van der Waals surface area contributed by atoms with Crippen molar-refractivity contribution in [3.63, 3.8) is 0 Å². The van der Waals surface area contributed by atoms with E-state index in [1.54, 1.807) is 26.0 Å². The Hall–Kier alpha value is -4.05. The molecule has 0 heterocycles. The van der Waals surface area contributed by atoms with Crippen LogP contribution in [0.4, 0.5) is 0 Å². The second kappa shape index (κ2) is 32.8. The lowest BCUT2D eigenvalue weighted by Gasteiger charge is -2.36. The highest BCUT2D eigenvalue weighted by atomic mass is 32.5. The van der Waals surface area contributed by atoms with E-state index in [-0.39, 0.29) is 127 Å². The second-order valence-electron chi connectivity index (χ2n) is 13.1. The molecule has 0 aliphatic heterocycles. The SMILES string of the molecule is C#CCOCCOCCNC(=O)CCC(CCC(=O)NCCOCCOCC#C)(CCC(=O)NCCOCCOCC#C)NC(=O)c1ccccc1OP([O-])(=S)C(C)C. The highest BCUT2D eigenvalue weighted by Gasteiger charge is 2.35. The van der Waals surface area contributed by atoms with Crippen molar-refractivity contribution in [2.24, 2.45) is 0 Å². The van der Waals surface area contributed by atoms with Crippen LogP contribution in [0.25, 0.3) is 0 Å².